The number of nitrogens with zero attached hydrogens (tertiary/aromatic N) is 2. The summed E-state index contributed by atoms with van der Waals surface area (Å²) < 4.78 is 7.50. The normalized spacial score (nSPS) is 14.2. The van der Waals surface area contributed by atoms with E-state index in [1.54, 1.807) is 24.5 Å². The average Bonchev–Trinajstić information content (AvgIpc) is 3.57. The van der Waals surface area contributed by atoms with Crippen LogP contribution < -0.4 is 26.2 Å². The zero-order valence-electron chi connectivity index (χ0n) is 21.6. The first-order valence-electron chi connectivity index (χ1n) is 12.3. The van der Waals surface area contributed by atoms with E-state index in [0.717, 1.165) is 36.3 Å². The summed E-state index contributed by atoms with van der Waals surface area (Å²) in [5, 5.41) is 9.47. The molecule has 0 bridgehead atoms. The van der Waals surface area contributed by atoms with Gasteiger partial charge in [-0.1, -0.05) is 24.3 Å². The number of likely N-dealkylation sites (N-methyl/N-ethyl adjacent to an activating group) is 1. The highest BCUT2D eigenvalue weighted by atomic mass is 16.5. The third kappa shape index (κ3) is 5.60. The second-order valence-electron chi connectivity index (χ2n) is 10.2. The highest BCUT2D eigenvalue weighted by Crippen LogP contribution is 2.35. The molecule has 1 saturated carbocycles. The lowest BCUT2D eigenvalue weighted by Gasteiger charge is -2.29. The standard InChI is InChI=1S/C28H35N5O3/c1-19-10-11-20(25(34)32-28(4)12-13-28)18-22(19)33-16-14-30-24(26(33)35)31-27(2,3)21-8-6-7-9-23(21)36-17-15-29-5/h6-11,14,16,18,29H,12-13,15,17H2,1-5H3,(H,30,31)(H,32,34). The van der Waals surface area contributed by atoms with Gasteiger partial charge < -0.3 is 20.7 Å². The molecule has 3 N–H and O–H groups in total. The van der Waals surface area contributed by atoms with Crippen molar-refractivity contribution in [1.29, 1.82) is 0 Å². The molecule has 4 rings (SSSR count). The predicted molar refractivity (Wildman–Crippen MR) is 142 cm³/mol. The highest BCUT2D eigenvalue weighted by Gasteiger charge is 2.38. The molecule has 0 saturated heterocycles. The van der Waals surface area contributed by atoms with Gasteiger partial charge in [0, 0.05) is 35.6 Å². The molecule has 1 amide bonds. The van der Waals surface area contributed by atoms with Crippen molar-refractivity contribution in [2.75, 3.05) is 25.5 Å². The molecule has 190 valence electrons. The third-order valence-corrected chi connectivity index (χ3v) is 6.59. The van der Waals surface area contributed by atoms with Gasteiger partial charge in [0.2, 0.25) is 0 Å². The molecule has 0 spiro atoms. The molecule has 8 heteroatoms. The van der Waals surface area contributed by atoms with Crippen LogP contribution in [0.25, 0.3) is 5.69 Å². The topological polar surface area (TPSA) is 97.3 Å². The van der Waals surface area contributed by atoms with E-state index >= 15 is 0 Å². The molecule has 8 nitrogen and oxygen atoms in total. The van der Waals surface area contributed by atoms with Gasteiger partial charge in [0.25, 0.3) is 11.5 Å². The molecule has 2 aromatic carbocycles. The number of ether oxygens (including phenoxy) is 1. The van der Waals surface area contributed by atoms with E-state index in [0.29, 0.717) is 17.9 Å². The molecular weight excluding hydrogens is 454 g/mol. The summed E-state index contributed by atoms with van der Waals surface area (Å²) in [6, 6.07) is 13.2. The maximum absolute atomic E-state index is 13.5. The van der Waals surface area contributed by atoms with Gasteiger partial charge in [-0.05, 0) is 71.3 Å². The minimum absolute atomic E-state index is 0.120. The Kier molecular flexibility index (Phi) is 7.17. The van der Waals surface area contributed by atoms with E-state index in [4.69, 9.17) is 4.74 Å². The number of amides is 1. The fourth-order valence-electron chi connectivity index (χ4n) is 4.09. The third-order valence-electron chi connectivity index (χ3n) is 6.59. The van der Waals surface area contributed by atoms with Crippen LogP contribution in [0.2, 0.25) is 0 Å². The summed E-state index contributed by atoms with van der Waals surface area (Å²) in [6.45, 7) is 9.19. The number of para-hydroxylation sites is 1. The Morgan fingerprint density at radius 3 is 2.67 bits per heavy atom. The SMILES string of the molecule is CNCCOc1ccccc1C(C)(C)Nc1nccn(-c2cc(C(=O)NC3(C)CC3)ccc2C)c1=O. The van der Waals surface area contributed by atoms with Crippen molar-refractivity contribution in [3.05, 3.63) is 81.9 Å². The lowest BCUT2D eigenvalue weighted by molar-refractivity contribution is 0.0935. The Hall–Kier alpha value is -3.65. The lowest BCUT2D eigenvalue weighted by atomic mass is 9.93. The summed E-state index contributed by atoms with van der Waals surface area (Å²) >= 11 is 0. The molecule has 1 fully saturated rings. The van der Waals surface area contributed by atoms with Crippen LogP contribution in [-0.2, 0) is 5.54 Å². The molecule has 36 heavy (non-hydrogen) atoms. The van der Waals surface area contributed by atoms with E-state index in [9.17, 15) is 9.59 Å². The van der Waals surface area contributed by atoms with Gasteiger partial charge in [-0.2, -0.15) is 0 Å². The van der Waals surface area contributed by atoms with Crippen LogP contribution in [0.3, 0.4) is 0 Å². The highest BCUT2D eigenvalue weighted by molar-refractivity contribution is 5.95. The minimum atomic E-state index is -0.641. The van der Waals surface area contributed by atoms with Crippen molar-refractivity contribution in [3.8, 4) is 11.4 Å². The van der Waals surface area contributed by atoms with Crippen molar-refractivity contribution in [1.82, 2.24) is 20.2 Å². The number of carbonyl (C=O) groups is 1. The number of carbonyl (C=O) groups excluding carboxylic acids is 1. The van der Waals surface area contributed by atoms with E-state index in [1.165, 1.54) is 4.57 Å². The zero-order valence-corrected chi connectivity index (χ0v) is 21.6. The number of hydrogen-bond acceptors (Lipinski definition) is 6. The molecule has 1 aliphatic carbocycles. The van der Waals surface area contributed by atoms with E-state index in [-0.39, 0.29) is 22.8 Å². The molecule has 0 radical (unpaired) electrons. The monoisotopic (exact) mass is 489 g/mol. The van der Waals surface area contributed by atoms with Crippen LogP contribution >= 0.6 is 0 Å². The molecule has 3 aromatic rings. The Labute approximate surface area is 212 Å². The maximum atomic E-state index is 13.5. The number of benzene rings is 2. The van der Waals surface area contributed by atoms with Gasteiger partial charge >= 0.3 is 0 Å². The Balaban J connectivity index is 1.63. The van der Waals surface area contributed by atoms with Gasteiger partial charge in [0.15, 0.2) is 5.82 Å². The molecule has 0 aliphatic heterocycles. The molecule has 1 aromatic heterocycles. The van der Waals surface area contributed by atoms with Crippen LogP contribution in [0.15, 0.2) is 59.7 Å². The second-order valence-corrected chi connectivity index (χ2v) is 10.2. The maximum Gasteiger partial charge on any atom is 0.297 e. The lowest BCUT2D eigenvalue weighted by Crippen LogP contribution is -2.35. The van der Waals surface area contributed by atoms with Crippen LogP contribution in [-0.4, -0.2) is 41.2 Å². The number of aromatic nitrogens is 2. The second kappa shape index (κ2) is 10.1. The van der Waals surface area contributed by atoms with Crippen LogP contribution in [0.4, 0.5) is 5.82 Å². The van der Waals surface area contributed by atoms with E-state index in [1.807, 2.05) is 65.1 Å². The van der Waals surface area contributed by atoms with Crippen LogP contribution in [0.5, 0.6) is 5.75 Å². The summed E-state index contributed by atoms with van der Waals surface area (Å²) in [7, 11) is 1.88. The first-order chi connectivity index (χ1) is 17.1. The van der Waals surface area contributed by atoms with Crippen molar-refractivity contribution < 1.29 is 9.53 Å². The predicted octanol–water partition coefficient (Wildman–Crippen LogP) is 3.77. The van der Waals surface area contributed by atoms with Crippen molar-refractivity contribution in [3.63, 3.8) is 0 Å². The number of rotatable bonds is 10. The van der Waals surface area contributed by atoms with E-state index in [2.05, 4.69) is 20.9 Å². The zero-order chi connectivity index (χ0) is 25.9. The van der Waals surface area contributed by atoms with Crippen molar-refractivity contribution in [2.24, 2.45) is 0 Å². The molecule has 0 unspecified atom stereocenters. The number of nitrogens with one attached hydrogen (secondary N) is 3. The smallest absolute Gasteiger partial charge is 0.297 e. The summed E-state index contributed by atoms with van der Waals surface area (Å²) in [6.07, 6.45) is 5.18. The Morgan fingerprint density at radius 1 is 1.19 bits per heavy atom. The largest absolute Gasteiger partial charge is 0.492 e. The summed E-state index contributed by atoms with van der Waals surface area (Å²) in [4.78, 5) is 30.7. The minimum Gasteiger partial charge on any atom is -0.492 e. The van der Waals surface area contributed by atoms with Crippen molar-refractivity contribution in [2.45, 2.75) is 51.6 Å². The summed E-state index contributed by atoms with van der Waals surface area (Å²) in [5.41, 5.74) is 1.91. The molecule has 1 aliphatic rings. The fraction of sp³-hybridized carbons (Fsp3) is 0.393. The van der Waals surface area contributed by atoms with Crippen molar-refractivity contribution >= 4 is 11.7 Å². The number of anilines is 1. The fourth-order valence-corrected chi connectivity index (χ4v) is 4.09. The quantitative estimate of drug-likeness (QED) is 0.375. The van der Waals surface area contributed by atoms with Gasteiger partial charge in [0.1, 0.15) is 12.4 Å². The van der Waals surface area contributed by atoms with Gasteiger partial charge in [-0.3, -0.25) is 14.2 Å². The number of aryl methyl sites for hydroxylation is 1. The molecule has 0 atom stereocenters. The van der Waals surface area contributed by atoms with Gasteiger partial charge in [0.05, 0.1) is 11.2 Å². The summed E-state index contributed by atoms with van der Waals surface area (Å²) in [5.74, 6) is 0.834. The van der Waals surface area contributed by atoms with E-state index < -0.39 is 5.54 Å². The van der Waals surface area contributed by atoms with Gasteiger partial charge in [-0.15, -0.1) is 0 Å². The van der Waals surface area contributed by atoms with Gasteiger partial charge in [-0.25, -0.2) is 4.98 Å². The average molecular weight is 490 g/mol. The van der Waals surface area contributed by atoms with Crippen LogP contribution in [0, 0.1) is 6.92 Å². The first kappa shape index (κ1) is 25.4. The Bertz CT molecular complexity index is 1310. The first-order valence-corrected chi connectivity index (χ1v) is 12.3. The number of hydrogen-bond donors (Lipinski definition) is 3. The van der Waals surface area contributed by atoms with Crippen LogP contribution in [0.1, 0.15) is 55.1 Å². The molecule has 1 heterocycles. The Morgan fingerprint density at radius 2 is 1.94 bits per heavy atom. The molecular formula is C28H35N5O3.